The second-order valence-electron chi connectivity index (χ2n) is 5.98. The molecule has 3 rings (SSSR count). The molecule has 1 heterocycles. The number of methoxy groups -OCH3 is 1. The summed E-state index contributed by atoms with van der Waals surface area (Å²) in [5, 5.41) is 11.5. The van der Waals surface area contributed by atoms with Gasteiger partial charge < -0.3 is 10.1 Å². The number of nitrogens with zero attached hydrogens (tertiary/aromatic N) is 3. The number of amides is 1. The van der Waals surface area contributed by atoms with Gasteiger partial charge in [0, 0.05) is 30.3 Å². The molecule has 0 aliphatic carbocycles. The van der Waals surface area contributed by atoms with Crippen molar-refractivity contribution in [2.75, 3.05) is 13.7 Å². The standard InChI is InChI=1S/C21H18N4O3/c1-28-18-8-6-16(7-9-18)19-12-20(26)25(14-24-19)11-10-23-21(27)17-4-2-15(13-22)3-5-17/h2-9,12,14H,10-11H2,1H3,(H,23,27). The van der Waals surface area contributed by atoms with E-state index in [0.717, 1.165) is 11.3 Å². The monoisotopic (exact) mass is 374 g/mol. The zero-order valence-corrected chi connectivity index (χ0v) is 15.3. The van der Waals surface area contributed by atoms with E-state index in [-0.39, 0.29) is 18.0 Å². The molecule has 2 aromatic carbocycles. The molecule has 0 spiro atoms. The maximum absolute atomic E-state index is 12.3. The minimum Gasteiger partial charge on any atom is -0.497 e. The van der Waals surface area contributed by atoms with Crippen molar-refractivity contribution in [2.45, 2.75) is 6.54 Å². The number of nitriles is 1. The highest BCUT2D eigenvalue weighted by Gasteiger charge is 2.07. The molecule has 0 bridgehead atoms. The Labute approximate surface area is 161 Å². The van der Waals surface area contributed by atoms with Crippen molar-refractivity contribution in [1.82, 2.24) is 14.9 Å². The molecule has 3 aromatic rings. The predicted molar refractivity (Wildman–Crippen MR) is 104 cm³/mol. The van der Waals surface area contributed by atoms with Crippen LogP contribution in [0.15, 0.2) is 65.7 Å². The van der Waals surface area contributed by atoms with E-state index in [1.54, 1.807) is 43.5 Å². The summed E-state index contributed by atoms with van der Waals surface area (Å²) in [6.07, 6.45) is 1.47. The molecule has 0 aliphatic heterocycles. The molecule has 140 valence electrons. The Kier molecular flexibility index (Phi) is 5.82. The van der Waals surface area contributed by atoms with Crippen LogP contribution in [0.1, 0.15) is 15.9 Å². The van der Waals surface area contributed by atoms with Crippen LogP contribution in [-0.4, -0.2) is 29.1 Å². The van der Waals surface area contributed by atoms with Gasteiger partial charge in [-0.15, -0.1) is 0 Å². The lowest BCUT2D eigenvalue weighted by Crippen LogP contribution is -2.30. The molecular formula is C21H18N4O3. The van der Waals surface area contributed by atoms with Gasteiger partial charge in [0.15, 0.2) is 0 Å². The van der Waals surface area contributed by atoms with Crippen LogP contribution in [0.25, 0.3) is 11.3 Å². The normalized spacial score (nSPS) is 10.1. The topological polar surface area (TPSA) is 97.0 Å². The van der Waals surface area contributed by atoms with Crippen LogP contribution in [0.4, 0.5) is 0 Å². The van der Waals surface area contributed by atoms with Crippen LogP contribution in [0.3, 0.4) is 0 Å². The third-order valence-corrected chi connectivity index (χ3v) is 4.18. The molecule has 7 nitrogen and oxygen atoms in total. The second kappa shape index (κ2) is 8.64. The summed E-state index contributed by atoms with van der Waals surface area (Å²) in [5.41, 5.74) is 2.14. The zero-order chi connectivity index (χ0) is 19.9. The maximum Gasteiger partial charge on any atom is 0.253 e. The Morgan fingerprint density at radius 3 is 2.50 bits per heavy atom. The van der Waals surface area contributed by atoms with Gasteiger partial charge in [-0.3, -0.25) is 14.2 Å². The quantitative estimate of drug-likeness (QED) is 0.714. The van der Waals surface area contributed by atoms with E-state index in [9.17, 15) is 9.59 Å². The summed E-state index contributed by atoms with van der Waals surface area (Å²) in [4.78, 5) is 28.7. The highest BCUT2D eigenvalue weighted by atomic mass is 16.5. The number of rotatable bonds is 6. The van der Waals surface area contributed by atoms with Gasteiger partial charge in [0.05, 0.1) is 30.8 Å². The first kappa shape index (κ1) is 18.9. The highest BCUT2D eigenvalue weighted by Crippen LogP contribution is 2.19. The average molecular weight is 374 g/mol. The van der Waals surface area contributed by atoms with Crippen molar-refractivity contribution < 1.29 is 9.53 Å². The fourth-order valence-electron chi connectivity index (χ4n) is 2.60. The van der Waals surface area contributed by atoms with Gasteiger partial charge in [-0.25, -0.2) is 4.98 Å². The molecule has 1 amide bonds. The Bertz CT molecular complexity index is 1060. The minimum atomic E-state index is -0.264. The van der Waals surface area contributed by atoms with Crippen molar-refractivity contribution in [3.8, 4) is 23.1 Å². The number of carbonyl (C=O) groups excluding carboxylic acids is 1. The summed E-state index contributed by atoms with van der Waals surface area (Å²) >= 11 is 0. The summed E-state index contributed by atoms with van der Waals surface area (Å²) in [7, 11) is 1.59. The Balaban J connectivity index is 1.60. The number of carbonyl (C=O) groups is 1. The summed E-state index contributed by atoms with van der Waals surface area (Å²) in [6.45, 7) is 0.582. The largest absolute Gasteiger partial charge is 0.497 e. The molecular weight excluding hydrogens is 356 g/mol. The first-order valence-electron chi connectivity index (χ1n) is 8.60. The van der Waals surface area contributed by atoms with Crippen molar-refractivity contribution in [3.63, 3.8) is 0 Å². The highest BCUT2D eigenvalue weighted by molar-refractivity contribution is 5.94. The molecule has 28 heavy (non-hydrogen) atoms. The summed E-state index contributed by atoms with van der Waals surface area (Å²) in [5.74, 6) is 0.468. The third-order valence-electron chi connectivity index (χ3n) is 4.18. The molecule has 1 aromatic heterocycles. The van der Waals surface area contributed by atoms with Crippen molar-refractivity contribution in [3.05, 3.63) is 82.4 Å². The lowest BCUT2D eigenvalue weighted by atomic mass is 10.1. The van der Waals surface area contributed by atoms with Gasteiger partial charge in [0.1, 0.15) is 5.75 Å². The van der Waals surface area contributed by atoms with Crippen LogP contribution < -0.4 is 15.6 Å². The van der Waals surface area contributed by atoms with E-state index in [0.29, 0.717) is 23.4 Å². The van der Waals surface area contributed by atoms with E-state index in [4.69, 9.17) is 10.00 Å². The average Bonchev–Trinajstić information content (AvgIpc) is 2.75. The van der Waals surface area contributed by atoms with E-state index in [2.05, 4.69) is 10.3 Å². The number of ether oxygens (including phenoxy) is 1. The Morgan fingerprint density at radius 1 is 1.18 bits per heavy atom. The number of aromatic nitrogens is 2. The third kappa shape index (κ3) is 4.43. The van der Waals surface area contributed by atoms with Crippen LogP contribution in [0.5, 0.6) is 5.75 Å². The zero-order valence-electron chi connectivity index (χ0n) is 15.3. The predicted octanol–water partition coefficient (Wildman–Crippen LogP) is 2.22. The first-order valence-corrected chi connectivity index (χ1v) is 8.60. The number of hydrogen-bond acceptors (Lipinski definition) is 5. The molecule has 0 atom stereocenters. The van der Waals surface area contributed by atoms with Gasteiger partial charge in [-0.05, 0) is 48.5 Å². The lowest BCUT2D eigenvalue weighted by Gasteiger charge is -2.09. The van der Waals surface area contributed by atoms with Crippen LogP contribution in [0.2, 0.25) is 0 Å². The first-order chi connectivity index (χ1) is 13.6. The molecule has 0 aliphatic rings. The second-order valence-corrected chi connectivity index (χ2v) is 5.98. The molecule has 7 heteroatoms. The number of hydrogen-bond donors (Lipinski definition) is 1. The van der Waals surface area contributed by atoms with Crippen LogP contribution in [-0.2, 0) is 6.54 Å². The SMILES string of the molecule is COc1ccc(-c2cc(=O)n(CCNC(=O)c3ccc(C#N)cc3)cn2)cc1. The summed E-state index contributed by atoms with van der Waals surface area (Å²) < 4.78 is 6.56. The summed E-state index contributed by atoms with van der Waals surface area (Å²) in [6, 6.07) is 17.1. The van der Waals surface area contributed by atoms with Gasteiger partial charge >= 0.3 is 0 Å². The van der Waals surface area contributed by atoms with Gasteiger partial charge in [0.2, 0.25) is 0 Å². The molecule has 1 N–H and O–H groups in total. The van der Waals surface area contributed by atoms with Gasteiger partial charge in [0.25, 0.3) is 11.5 Å². The van der Waals surface area contributed by atoms with Gasteiger partial charge in [-0.1, -0.05) is 0 Å². The van der Waals surface area contributed by atoms with E-state index in [1.807, 2.05) is 18.2 Å². The van der Waals surface area contributed by atoms with E-state index >= 15 is 0 Å². The van der Waals surface area contributed by atoms with Gasteiger partial charge in [-0.2, -0.15) is 5.26 Å². The molecule has 0 radical (unpaired) electrons. The van der Waals surface area contributed by atoms with Crippen molar-refractivity contribution in [1.29, 1.82) is 5.26 Å². The number of benzene rings is 2. The maximum atomic E-state index is 12.3. The van der Waals surface area contributed by atoms with Crippen molar-refractivity contribution >= 4 is 5.91 Å². The van der Waals surface area contributed by atoms with Crippen molar-refractivity contribution in [2.24, 2.45) is 0 Å². The lowest BCUT2D eigenvalue weighted by molar-refractivity contribution is 0.0952. The fraction of sp³-hybridized carbons (Fsp3) is 0.143. The fourth-order valence-corrected chi connectivity index (χ4v) is 2.60. The molecule has 0 fully saturated rings. The number of nitrogens with one attached hydrogen (secondary N) is 1. The molecule has 0 saturated heterocycles. The minimum absolute atomic E-state index is 0.201. The van der Waals surface area contributed by atoms with Crippen LogP contribution >= 0.6 is 0 Å². The van der Waals surface area contributed by atoms with E-state index < -0.39 is 0 Å². The molecule has 0 unspecified atom stereocenters. The molecule has 0 saturated carbocycles. The Hall–Kier alpha value is -3.92. The van der Waals surface area contributed by atoms with Crippen LogP contribution in [0, 0.1) is 11.3 Å². The van der Waals surface area contributed by atoms with E-state index in [1.165, 1.54) is 17.0 Å². The Morgan fingerprint density at radius 2 is 1.89 bits per heavy atom. The smallest absolute Gasteiger partial charge is 0.253 e.